The van der Waals surface area contributed by atoms with Crippen LogP contribution in [0.3, 0.4) is 0 Å². The number of benzene rings is 1. The second-order valence-electron chi connectivity index (χ2n) is 5.64. The lowest BCUT2D eigenvalue weighted by Gasteiger charge is -2.03. The predicted octanol–water partition coefficient (Wildman–Crippen LogP) is 3.23. The standard InChI is InChI=1S/C18H23NO3/c1-14(2)12-19-18(20)8-6-4-3-5-7-15-9-10-16-17(11-15)22-13-21-16/h3,5-6,8-11,14H,4,7,12-13H2,1-2H3,(H,19,20)/b5-3+,8-6+. The number of nitrogens with one attached hydrogen (secondary N) is 1. The molecule has 1 aromatic carbocycles. The lowest BCUT2D eigenvalue weighted by Crippen LogP contribution is -2.25. The van der Waals surface area contributed by atoms with Gasteiger partial charge in [0.25, 0.3) is 0 Å². The summed E-state index contributed by atoms with van der Waals surface area (Å²) in [4.78, 5) is 11.5. The molecule has 2 rings (SSSR count). The maximum atomic E-state index is 11.5. The molecule has 1 aromatic rings. The third kappa shape index (κ3) is 5.28. The number of hydrogen-bond donors (Lipinski definition) is 1. The minimum atomic E-state index is -0.0297. The van der Waals surface area contributed by atoms with Crippen molar-refractivity contribution in [3.05, 3.63) is 48.1 Å². The molecule has 0 aromatic heterocycles. The first kappa shape index (κ1) is 16.1. The smallest absolute Gasteiger partial charge is 0.243 e. The molecule has 0 saturated carbocycles. The molecule has 0 aliphatic carbocycles. The van der Waals surface area contributed by atoms with E-state index in [4.69, 9.17) is 9.47 Å². The van der Waals surface area contributed by atoms with E-state index < -0.39 is 0 Å². The van der Waals surface area contributed by atoms with E-state index in [-0.39, 0.29) is 5.91 Å². The number of allylic oxidation sites excluding steroid dienone is 3. The van der Waals surface area contributed by atoms with Crippen LogP contribution in [-0.4, -0.2) is 19.2 Å². The van der Waals surface area contributed by atoms with Gasteiger partial charge in [0.15, 0.2) is 11.5 Å². The fraction of sp³-hybridized carbons (Fsp3) is 0.389. The van der Waals surface area contributed by atoms with E-state index in [2.05, 4.69) is 31.3 Å². The molecule has 4 heteroatoms. The number of ether oxygens (including phenoxy) is 2. The molecule has 0 fully saturated rings. The fourth-order valence-corrected chi connectivity index (χ4v) is 2.00. The predicted molar refractivity (Wildman–Crippen MR) is 87.0 cm³/mol. The Bertz CT molecular complexity index is 561. The molecule has 0 saturated heterocycles. The van der Waals surface area contributed by atoms with Crippen molar-refractivity contribution in [1.82, 2.24) is 5.32 Å². The Morgan fingerprint density at radius 2 is 2.05 bits per heavy atom. The van der Waals surface area contributed by atoms with Crippen LogP contribution in [0.25, 0.3) is 0 Å². The third-order valence-electron chi connectivity index (χ3n) is 3.18. The fourth-order valence-electron chi connectivity index (χ4n) is 2.00. The molecular weight excluding hydrogens is 278 g/mol. The van der Waals surface area contributed by atoms with E-state index in [0.717, 1.165) is 24.3 Å². The average Bonchev–Trinajstić information content (AvgIpc) is 2.96. The number of carbonyl (C=O) groups excluding carboxylic acids is 1. The Labute approximate surface area is 131 Å². The van der Waals surface area contributed by atoms with Gasteiger partial charge in [-0.05, 0) is 42.5 Å². The SMILES string of the molecule is CC(C)CNC(=O)/C=C/C/C=C/Cc1ccc2c(c1)OCO2. The van der Waals surface area contributed by atoms with Gasteiger partial charge < -0.3 is 14.8 Å². The monoisotopic (exact) mass is 301 g/mol. The quantitative estimate of drug-likeness (QED) is 0.621. The van der Waals surface area contributed by atoms with Crippen molar-refractivity contribution in [3.8, 4) is 11.5 Å². The summed E-state index contributed by atoms with van der Waals surface area (Å²) in [6.07, 6.45) is 9.19. The molecule has 4 nitrogen and oxygen atoms in total. The minimum Gasteiger partial charge on any atom is -0.454 e. The van der Waals surface area contributed by atoms with Crippen LogP contribution in [0.1, 0.15) is 25.8 Å². The summed E-state index contributed by atoms with van der Waals surface area (Å²) >= 11 is 0. The molecular formula is C18H23NO3. The van der Waals surface area contributed by atoms with Gasteiger partial charge in [-0.3, -0.25) is 4.79 Å². The highest BCUT2D eigenvalue weighted by Gasteiger charge is 2.12. The Morgan fingerprint density at radius 1 is 1.23 bits per heavy atom. The maximum Gasteiger partial charge on any atom is 0.243 e. The normalized spacial score (nSPS) is 13.4. The first-order valence-corrected chi connectivity index (χ1v) is 7.63. The average molecular weight is 301 g/mol. The second-order valence-corrected chi connectivity index (χ2v) is 5.64. The first-order valence-electron chi connectivity index (χ1n) is 7.63. The zero-order chi connectivity index (χ0) is 15.8. The summed E-state index contributed by atoms with van der Waals surface area (Å²) in [5.41, 5.74) is 1.18. The van der Waals surface area contributed by atoms with Crippen molar-refractivity contribution >= 4 is 5.91 Å². The van der Waals surface area contributed by atoms with Crippen LogP contribution in [0, 0.1) is 5.92 Å². The summed E-state index contributed by atoms with van der Waals surface area (Å²) in [5, 5.41) is 2.85. The van der Waals surface area contributed by atoms with Crippen molar-refractivity contribution in [2.24, 2.45) is 5.92 Å². The van der Waals surface area contributed by atoms with Crippen molar-refractivity contribution in [2.45, 2.75) is 26.7 Å². The Kier molecular flexibility index (Phi) is 6.07. The summed E-state index contributed by atoms with van der Waals surface area (Å²) in [5.74, 6) is 2.06. The zero-order valence-corrected chi connectivity index (χ0v) is 13.2. The molecule has 0 atom stereocenters. The molecule has 1 aliphatic heterocycles. The van der Waals surface area contributed by atoms with E-state index in [9.17, 15) is 4.79 Å². The van der Waals surface area contributed by atoms with Crippen LogP contribution >= 0.6 is 0 Å². The first-order chi connectivity index (χ1) is 10.6. The largest absolute Gasteiger partial charge is 0.454 e. The van der Waals surface area contributed by atoms with Gasteiger partial charge in [0.2, 0.25) is 12.7 Å². The van der Waals surface area contributed by atoms with E-state index in [1.807, 2.05) is 24.3 Å². The number of rotatable bonds is 7. The Hall–Kier alpha value is -2.23. The van der Waals surface area contributed by atoms with Crippen LogP contribution in [0.15, 0.2) is 42.5 Å². The molecule has 118 valence electrons. The molecule has 1 aliphatic rings. The van der Waals surface area contributed by atoms with Crippen molar-refractivity contribution < 1.29 is 14.3 Å². The van der Waals surface area contributed by atoms with Gasteiger partial charge >= 0.3 is 0 Å². The van der Waals surface area contributed by atoms with Gasteiger partial charge in [-0.2, -0.15) is 0 Å². The summed E-state index contributed by atoms with van der Waals surface area (Å²) in [7, 11) is 0. The summed E-state index contributed by atoms with van der Waals surface area (Å²) in [6.45, 7) is 5.16. The van der Waals surface area contributed by atoms with E-state index >= 15 is 0 Å². The number of carbonyl (C=O) groups is 1. The highest BCUT2D eigenvalue weighted by molar-refractivity contribution is 5.87. The van der Waals surface area contributed by atoms with Gasteiger partial charge in [-0.15, -0.1) is 0 Å². The molecule has 1 heterocycles. The molecule has 22 heavy (non-hydrogen) atoms. The molecule has 0 unspecified atom stereocenters. The molecule has 0 radical (unpaired) electrons. The van der Waals surface area contributed by atoms with Crippen LogP contribution in [0.4, 0.5) is 0 Å². The Balaban J connectivity index is 1.69. The van der Waals surface area contributed by atoms with E-state index in [0.29, 0.717) is 19.3 Å². The van der Waals surface area contributed by atoms with E-state index in [1.165, 1.54) is 5.56 Å². The molecule has 0 bridgehead atoms. The van der Waals surface area contributed by atoms with Crippen molar-refractivity contribution in [2.75, 3.05) is 13.3 Å². The van der Waals surface area contributed by atoms with Gasteiger partial charge in [0.1, 0.15) is 0 Å². The van der Waals surface area contributed by atoms with Gasteiger partial charge in [-0.25, -0.2) is 0 Å². The topological polar surface area (TPSA) is 47.6 Å². The van der Waals surface area contributed by atoms with Crippen LogP contribution in [0.5, 0.6) is 11.5 Å². The third-order valence-corrected chi connectivity index (χ3v) is 3.18. The second kappa shape index (κ2) is 8.27. The molecule has 0 spiro atoms. The summed E-state index contributed by atoms with van der Waals surface area (Å²) < 4.78 is 10.6. The van der Waals surface area contributed by atoms with Crippen LogP contribution < -0.4 is 14.8 Å². The highest BCUT2D eigenvalue weighted by Crippen LogP contribution is 2.32. The molecule has 1 amide bonds. The van der Waals surface area contributed by atoms with Crippen molar-refractivity contribution in [1.29, 1.82) is 0 Å². The number of amides is 1. The molecule has 1 N–H and O–H groups in total. The van der Waals surface area contributed by atoms with E-state index in [1.54, 1.807) is 6.08 Å². The lowest BCUT2D eigenvalue weighted by molar-refractivity contribution is -0.116. The maximum absolute atomic E-state index is 11.5. The van der Waals surface area contributed by atoms with Crippen LogP contribution in [0.2, 0.25) is 0 Å². The van der Waals surface area contributed by atoms with Gasteiger partial charge in [0, 0.05) is 6.54 Å². The van der Waals surface area contributed by atoms with Gasteiger partial charge in [0.05, 0.1) is 0 Å². The van der Waals surface area contributed by atoms with Crippen LogP contribution in [-0.2, 0) is 11.2 Å². The zero-order valence-electron chi connectivity index (χ0n) is 13.2. The number of fused-ring (bicyclic) bond motifs is 1. The number of hydrogen-bond acceptors (Lipinski definition) is 3. The van der Waals surface area contributed by atoms with Gasteiger partial charge in [-0.1, -0.05) is 38.1 Å². The van der Waals surface area contributed by atoms with Crippen molar-refractivity contribution in [3.63, 3.8) is 0 Å². The lowest BCUT2D eigenvalue weighted by atomic mass is 10.1. The summed E-state index contributed by atoms with van der Waals surface area (Å²) in [6, 6.07) is 5.97. The Morgan fingerprint density at radius 3 is 2.86 bits per heavy atom. The highest BCUT2D eigenvalue weighted by atomic mass is 16.7. The minimum absolute atomic E-state index is 0.0297.